The van der Waals surface area contributed by atoms with Crippen molar-refractivity contribution in [2.24, 2.45) is 5.73 Å². The molecule has 74 valence electrons. The number of aliphatic carboxylic acids is 1. The predicted molar refractivity (Wildman–Crippen MR) is 56.0 cm³/mol. The quantitative estimate of drug-likeness (QED) is 0.736. The van der Waals surface area contributed by atoms with Crippen molar-refractivity contribution >= 4 is 23.6 Å². The highest BCUT2D eigenvalue weighted by Gasteiger charge is 2.03. The summed E-state index contributed by atoms with van der Waals surface area (Å²) in [6.45, 7) is 1.89. The van der Waals surface area contributed by atoms with Gasteiger partial charge in [-0.3, -0.25) is 0 Å². The largest absolute Gasteiger partial charge is 0.477 e. The van der Waals surface area contributed by atoms with Crippen LogP contribution in [0.4, 0.5) is 0 Å². The zero-order valence-corrected chi connectivity index (χ0v) is 8.38. The number of benzene rings is 1. The first-order valence-corrected chi connectivity index (χ1v) is 4.35. The molecule has 0 spiro atoms. The van der Waals surface area contributed by atoms with Crippen molar-refractivity contribution in [3.05, 3.63) is 40.0 Å². The maximum absolute atomic E-state index is 10.5. The number of rotatable bonds is 2. The fourth-order valence-corrected chi connectivity index (χ4v) is 1.18. The average molecular weight is 212 g/mol. The molecule has 1 aromatic carbocycles. The number of hydrogen-bond acceptors (Lipinski definition) is 2. The maximum atomic E-state index is 10.5. The van der Waals surface area contributed by atoms with Crippen LogP contribution in [0, 0.1) is 6.92 Å². The highest BCUT2D eigenvalue weighted by molar-refractivity contribution is 6.32. The third kappa shape index (κ3) is 2.50. The van der Waals surface area contributed by atoms with Crippen LogP contribution in [0.2, 0.25) is 5.02 Å². The van der Waals surface area contributed by atoms with Gasteiger partial charge in [-0.25, -0.2) is 4.79 Å². The van der Waals surface area contributed by atoms with E-state index in [9.17, 15) is 4.79 Å². The fraction of sp³-hybridized carbons (Fsp3) is 0.100. The number of carboxylic acid groups (broad SMARTS) is 1. The van der Waals surface area contributed by atoms with Crippen LogP contribution < -0.4 is 5.73 Å². The minimum Gasteiger partial charge on any atom is -0.477 e. The Bertz CT molecular complexity index is 399. The summed E-state index contributed by atoms with van der Waals surface area (Å²) in [6, 6.07) is 5.33. The molecule has 0 bridgehead atoms. The van der Waals surface area contributed by atoms with Gasteiger partial charge < -0.3 is 10.8 Å². The van der Waals surface area contributed by atoms with Gasteiger partial charge in [-0.05, 0) is 24.6 Å². The molecular weight excluding hydrogens is 202 g/mol. The van der Waals surface area contributed by atoms with Crippen LogP contribution in [0.15, 0.2) is 23.9 Å². The molecule has 3 nitrogen and oxygen atoms in total. The first-order valence-electron chi connectivity index (χ1n) is 3.97. The molecule has 0 atom stereocenters. The molecule has 0 saturated carbocycles. The van der Waals surface area contributed by atoms with E-state index in [0.29, 0.717) is 10.6 Å². The van der Waals surface area contributed by atoms with Crippen LogP contribution in [0.5, 0.6) is 0 Å². The molecule has 1 rings (SSSR count). The predicted octanol–water partition coefficient (Wildman–Crippen LogP) is 2.03. The van der Waals surface area contributed by atoms with Gasteiger partial charge in [-0.1, -0.05) is 29.3 Å². The number of aryl methyl sites for hydroxylation is 1. The molecule has 0 aliphatic heterocycles. The molecule has 14 heavy (non-hydrogen) atoms. The monoisotopic (exact) mass is 211 g/mol. The summed E-state index contributed by atoms with van der Waals surface area (Å²) in [5.41, 5.74) is 6.66. The van der Waals surface area contributed by atoms with E-state index in [1.807, 2.05) is 13.0 Å². The van der Waals surface area contributed by atoms with Crippen molar-refractivity contribution in [1.29, 1.82) is 0 Å². The topological polar surface area (TPSA) is 63.3 Å². The third-order valence-electron chi connectivity index (χ3n) is 1.71. The first kappa shape index (κ1) is 10.6. The Kier molecular flexibility index (Phi) is 3.14. The molecule has 0 unspecified atom stereocenters. The van der Waals surface area contributed by atoms with Gasteiger partial charge in [0.25, 0.3) is 0 Å². The van der Waals surface area contributed by atoms with Crippen LogP contribution in [-0.2, 0) is 4.79 Å². The van der Waals surface area contributed by atoms with Crippen LogP contribution >= 0.6 is 11.6 Å². The Morgan fingerprint density at radius 2 is 2.21 bits per heavy atom. The van der Waals surface area contributed by atoms with Gasteiger partial charge in [-0.2, -0.15) is 0 Å². The minimum atomic E-state index is -1.15. The molecule has 0 radical (unpaired) electrons. The number of carbonyl (C=O) groups is 1. The van der Waals surface area contributed by atoms with Gasteiger partial charge in [-0.15, -0.1) is 0 Å². The molecule has 4 heteroatoms. The first-order chi connectivity index (χ1) is 6.50. The molecule has 0 aliphatic carbocycles. The summed E-state index contributed by atoms with van der Waals surface area (Å²) in [5.74, 6) is -1.15. The Morgan fingerprint density at radius 3 is 2.79 bits per heavy atom. The SMILES string of the molecule is Cc1ccc(Cl)c(/C=C(/N)C(=O)O)c1. The number of hydrogen-bond donors (Lipinski definition) is 2. The molecule has 3 N–H and O–H groups in total. The molecule has 1 aromatic rings. The Labute approximate surface area is 86.8 Å². The summed E-state index contributed by atoms with van der Waals surface area (Å²) >= 11 is 5.85. The van der Waals surface area contributed by atoms with Crippen molar-refractivity contribution in [3.8, 4) is 0 Å². The van der Waals surface area contributed by atoms with Crippen LogP contribution in [0.1, 0.15) is 11.1 Å². The van der Waals surface area contributed by atoms with Gasteiger partial charge in [0, 0.05) is 5.02 Å². The Balaban J connectivity index is 3.13. The van der Waals surface area contributed by atoms with Gasteiger partial charge >= 0.3 is 5.97 Å². The lowest BCUT2D eigenvalue weighted by Crippen LogP contribution is -2.09. The zero-order chi connectivity index (χ0) is 10.7. The molecular formula is C10H10ClNO2. The molecule has 0 aliphatic rings. The van der Waals surface area contributed by atoms with Crippen LogP contribution in [-0.4, -0.2) is 11.1 Å². The van der Waals surface area contributed by atoms with Gasteiger partial charge in [0.2, 0.25) is 0 Å². The second-order valence-electron chi connectivity index (χ2n) is 2.93. The van der Waals surface area contributed by atoms with Crippen LogP contribution in [0.3, 0.4) is 0 Å². The molecule has 0 fully saturated rings. The second-order valence-corrected chi connectivity index (χ2v) is 3.34. The Hall–Kier alpha value is -1.48. The summed E-state index contributed by atoms with van der Waals surface area (Å²) < 4.78 is 0. The average Bonchev–Trinajstić information content (AvgIpc) is 2.11. The van der Waals surface area contributed by atoms with Crippen LogP contribution in [0.25, 0.3) is 6.08 Å². The molecule has 0 aromatic heterocycles. The summed E-state index contributed by atoms with van der Waals surface area (Å²) in [6.07, 6.45) is 1.34. The van der Waals surface area contributed by atoms with E-state index in [-0.39, 0.29) is 5.70 Å². The lowest BCUT2D eigenvalue weighted by Gasteiger charge is -2.00. The third-order valence-corrected chi connectivity index (χ3v) is 2.05. The fourth-order valence-electron chi connectivity index (χ4n) is 1.00. The van der Waals surface area contributed by atoms with Crippen molar-refractivity contribution in [2.45, 2.75) is 6.92 Å². The lowest BCUT2D eigenvalue weighted by atomic mass is 10.1. The number of nitrogens with two attached hydrogens (primary N) is 1. The second kappa shape index (κ2) is 4.15. The summed E-state index contributed by atoms with van der Waals surface area (Å²) in [7, 11) is 0. The van der Waals surface area contributed by atoms with E-state index in [4.69, 9.17) is 22.4 Å². The molecule has 0 amide bonds. The smallest absolute Gasteiger partial charge is 0.351 e. The summed E-state index contributed by atoms with van der Waals surface area (Å²) in [4.78, 5) is 10.5. The standard InChI is InChI=1S/C10H10ClNO2/c1-6-2-3-8(11)7(4-6)5-9(12)10(13)14/h2-5H,12H2,1H3,(H,13,14)/b9-5+. The number of carboxylic acids is 1. The van der Waals surface area contributed by atoms with Gasteiger partial charge in [0.05, 0.1) is 0 Å². The maximum Gasteiger partial charge on any atom is 0.351 e. The van der Waals surface area contributed by atoms with Crippen molar-refractivity contribution < 1.29 is 9.90 Å². The normalized spacial score (nSPS) is 11.4. The van der Waals surface area contributed by atoms with Gasteiger partial charge in [0.1, 0.15) is 5.70 Å². The van der Waals surface area contributed by atoms with Gasteiger partial charge in [0.15, 0.2) is 0 Å². The lowest BCUT2D eigenvalue weighted by molar-refractivity contribution is -0.132. The Morgan fingerprint density at radius 1 is 1.57 bits per heavy atom. The minimum absolute atomic E-state index is 0.225. The van der Waals surface area contributed by atoms with Crippen molar-refractivity contribution in [2.75, 3.05) is 0 Å². The molecule has 0 heterocycles. The van der Waals surface area contributed by atoms with Crippen molar-refractivity contribution in [1.82, 2.24) is 0 Å². The van der Waals surface area contributed by atoms with E-state index in [2.05, 4.69) is 0 Å². The summed E-state index contributed by atoms with van der Waals surface area (Å²) in [5, 5.41) is 9.05. The molecule has 0 saturated heterocycles. The van der Waals surface area contributed by atoms with E-state index in [0.717, 1.165) is 5.56 Å². The zero-order valence-electron chi connectivity index (χ0n) is 7.62. The highest BCUT2D eigenvalue weighted by atomic mass is 35.5. The van der Waals surface area contributed by atoms with E-state index < -0.39 is 5.97 Å². The van der Waals surface area contributed by atoms with Crippen molar-refractivity contribution in [3.63, 3.8) is 0 Å². The number of halogens is 1. The highest BCUT2D eigenvalue weighted by Crippen LogP contribution is 2.19. The van der Waals surface area contributed by atoms with E-state index in [1.165, 1.54) is 6.08 Å². The van der Waals surface area contributed by atoms with E-state index in [1.54, 1.807) is 12.1 Å². The van der Waals surface area contributed by atoms with E-state index >= 15 is 0 Å².